The lowest BCUT2D eigenvalue weighted by molar-refractivity contribution is -0.383. The third kappa shape index (κ3) is 4.49. The van der Waals surface area contributed by atoms with Gasteiger partial charge < -0.3 is 10.7 Å². The van der Waals surface area contributed by atoms with Gasteiger partial charge in [0.2, 0.25) is 0 Å². The van der Waals surface area contributed by atoms with E-state index in [1.165, 1.54) is 6.07 Å². The molecule has 0 aromatic heterocycles. The summed E-state index contributed by atoms with van der Waals surface area (Å²) in [4.78, 5) is 10.6. The van der Waals surface area contributed by atoms with E-state index in [9.17, 15) is 14.3 Å². The molecule has 1 rings (SSSR count). The Hall–Kier alpha value is -1.67. The maximum absolute atomic E-state index is 11.1. The lowest BCUT2D eigenvalue weighted by Crippen LogP contribution is -2.19. The minimum Gasteiger partial charge on any atom is -0.377 e. The highest BCUT2D eigenvalue weighted by Crippen LogP contribution is 2.32. The number of benzene rings is 1. The first-order valence-corrected chi connectivity index (χ1v) is 7.49. The average Bonchev–Trinajstić information content (AvgIpc) is 2.35. The van der Waals surface area contributed by atoms with Gasteiger partial charge in [0.25, 0.3) is 0 Å². The van der Waals surface area contributed by atoms with E-state index >= 15 is 0 Å². The zero-order valence-electron chi connectivity index (χ0n) is 10.9. The first-order chi connectivity index (χ1) is 8.95. The number of para-hydroxylation sites is 1. The van der Waals surface area contributed by atoms with Crippen LogP contribution in [0.5, 0.6) is 0 Å². The highest BCUT2D eigenvalue weighted by atomic mass is 32.2. The molecular formula is C11H18N4O3S. The molecule has 2 atom stereocenters. The van der Waals surface area contributed by atoms with Crippen LogP contribution in [0, 0.1) is 10.1 Å². The summed E-state index contributed by atoms with van der Waals surface area (Å²) in [6, 6.07) is 4.82. The monoisotopic (exact) mass is 286 g/mol. The molecule has 2 unspecified atom stereocenters. The number of nitrogens with two attached hydrogens (primary N) is 1. The molecule has 0 saturated heterocycles. The summed E-state index contributed by atoms with van der Waals surface area (Å²) in [6.45, 7) is 1.89. The molecule has 0 saturated carbocycles. The van der Waals surface area contributed by atoms with Crippen LogP contribution in [0.2, 0.25) is 0 Å². The topological polar surface area (TPSA) is 110 Å². The van der Waals surface area contributed by atoms with Crippen LogP contribution in [0.15, 0.2) is 18.2 Å². The number of nitro benzene ring substituents is 1. The Balaban J connectivity index is 2.88. The summed E-state index contributed by atoms with van der Waals surface area (Å²) in [5, 5.41) is 14.1. The van der Waals surface area contributed by atoms with E-state index in [1.807, 2.05) is 6.92 Å². The van der Waals surface area contributed by atoms with Crippen molar-refractivity contribution in [2.45, 2.75) is 19.4 Å². The number of nitrogen functional groups attached to an aromatic ring is 1. The van der Waals surface area contributed by atoms with Gasteiger partial charge in [-0.3, -0.25) is 20.2 Å². The molecule has 0 fully saturated rings. The molecule has 0 amide bonds. The minimum absolute atomic E-state index is 0.0179. The number of hydrogen-bond acceptors (Lipinski definition) is 6. The van der Waals surface area contributed by atoms with Crippen molar-refractivity contribution in [2.24, 2.45) is 5.84 Å². The molecule has 0 aliphatic carbocycles. The van der Waals surface area contributed by atoms with Gasteiger partial charge in [-0.2, -0.15) is 0 Å². The molecule has 4 N–H and O–H groups in total. The number of nitrogens with zero attached hydrogens (tertiary/aromatic N) is 1. The summed E-state index contributed by atoms with van der Waals surface area (Å²) >= 11 is 0. The number of hydrogen-bond donors (Lipinski definition) is 3. The van der Waals surface area contributed by atoms with Crippen LogP contribution >= 0.6 is 0 Å². The smallest absolute Gasteiger partial charge is 0.316 e. The Morgan fingerprint density at radius 1 is 1.47 bits per heavy atom. The Morgan fingerprint density at radius 3 is 2.63 bits per heavy atom. The van der Waals surface area contributed by atoms with E-state index < -0.39 is 15.7 Å². The van der Waals surface area contributed by atoms with E-state index in [2.05, 4.69) is 10.7 Å². The van der Waals surface area contributed by atoms with Crippen molar-refractivity contribution in [3.63, 3.8) is 0 Å². The molecule has 0 radical (unpaired) electrons. The van der Waals surface area contributed by atoms with Gasteiger partial charge in [-0.1, -0.05) is 6.07 Å². The molecule has 8 heteroatoms. The molecule has 0 bridgehead atoms. The lowest BCUT2D eigenvalue weighted by Gasteiger charge is -2.15. The van der Waals surface area contributed by atoms with Crippen LogP contribution in [0.4, 0.5) is 17.1 Å². The van der Waals surface area contributed by atoms with Crippen molar-refractivity contribution < 1.29 is 9.13 Å². The Labute approximate surface area is 114 Å². The molecular weight excluding hydrogens is 268 g/mol. The van der Waals surface area contributed by atoms with Crippen LogP contribution in [0.25, 0.3) is 0 Å². The molecule has 19 heavy (non-hydrogen) atoms. The van der Waals surface area contributed by atoms with Crippen molar-refractivity contribution >= 4 is 27.9 Å². The molecule has 0 aliphatic heterocycles. The van der Waals surface area contributed by atoms with E-state index in [4.69, 9.17) is 5.84 Å². The summed E-state index contributed by atoms with van der Waals surface area (Å²) in [5.41, 5.74) is 2.87. The summed E-state index contributed by atoms with van der Waals surface area (Å²) in [5.74, 6) is 5.82. The average molecular weight is 286 g/mol. The number of nitro groups is 1. The fourth-order valence-electron chi connectivity index (χ4n) is 1.65. The molecule has 0 aliphatic rings. The predicted octanol–water partition coefficient (Wildman–Crippen LogP) is 1.45. The highest BCUT2D eigenvalue weighted by Gasteiger charge is 2.20. The van der Waals surface area contributed by atoms with Crippen LogP contribution in [0.3, 0.4) is 0 Å². The molecule has 106 valence electrons. The van der Waals surface area contributed by atoms with E-state index in [0.717, 1.165) is 0 Å². The zero-order valence-corrected chi connectivity index (χ0v) is 11.7. The second-order valence-corrected chi connectivity index (χ2v) is 5.77. The van der Waals surface area contributed by atoms with Gasteiger partial charge in [-0.15, -0.1) is 0 Å². The third-order valence-electron chi connectivity index (χ3n) is 2.61. The van der Waals surface area contributed by atoms with Crippen LogP contribution < -0.4 is 16.6 Å². The normalized spacial score (nSPS) is 13.6. The van der Waals surface area contributed by atoms with Crippen molar-refractivity contribution in [3.8, 4) is 0 Å². The Morgan fingerprint density at radius 2 is 2.11 bits per heavy atom. The largest absolute Gasteiger partial charge is 0.377 e. The number of hydrazine groups is 1. The van der Waals surface area contributed by atoms with E-state index in [0.29, 0.717) is 17.9 Å². The highest BCUT2D eigenvalue weighted by molar-refractivity contribution is 7.84. The molecule has 0 heterocycles. The zero-order chi connectivity index (χ0) is 14.4. The summed E-state index contributed by atoms with van der Waals surface area (Å²) in [7, 11) is -0.870. The Bertz CT molecular complexity index is 481. The fraction of sp³-hybridized carbons (Fsp3) is 0.455. The van der Waals surface area contributed by atoms with Crippen molar-refractivity contribution in [1.82, 2.24) is 0 Å². The summed E-state index contributed by atoms with van der Waals surface area (Å²) < 4.78 is 11.0. The lowest BCUT2D eigenvalue weighted by atomic mass is 10.2. The van der Waals surface area contributed by atoms with E-state index in [-0.39, 0.29) is 17.4 Å². The molecule has 1 aromatic carbocycles. The SMILES string of the molecule is CC(CCS(C)=O)Nc1cccc(NN)c1[N+](=O)[O-]. The number of rotatable bonds is 7. The molecule has 7 nitrogen and oxygen atoms in total. The second-order valence-electron chi connectivity index (χ2n) is 4.21. The van der Waals surface area contributed by atoms with Crippen molar-refractivity contribution in [1.29, 1.82) is 0 Å². The van der Waals surface area contributed by atoms with Crippen LogP contribution in [-0.4, -0.2) is 27.2 Å². The standard InChI is InChI=1S/C11H18N4O3S/c1-8(6-7-19(2)18)13-9-4-3-5-10(14-12)11(9)15(16)17/h3-5,8,13-14H,6-7,12H2,1-2H3. The van der Waals surface area contributed by atoms with Crippen molar-refractivity contribution in [3.05, 3.63) is 28.3 Å². The molecule has 1 aromatic rings. The quantitative estimate of drug-likeness (QED) is 0.397. The molecule has 0 spiro atoms. The van der Waals surface area contributed by atoms with Gasteiger partial charge in [0.1, 0.15) is 11.4 Å². The van der Waals surface area contributed by atoms with E-state index in [1.54, 1.807) is 18.4 Å². The fourth-order valence-corrected chi connectivity index (χ4v) is 2.34. The van der Waals surface area contributed by atoms with Crippen molar-refractivity contribution in [2.75, 3.05) is 22.8 Å². The number of anilines is 2. The van der Waals surface area contributed by atoms with Gasteiger partial charge in [0, 0.05) is 28.9 Å². The van der Waals surface area contributed by atoms with Gasteiger partial charge in [-0.05, 0) is 25.5 Å². The van der Waals surface area contributed by atoms with Crippen LogP contribution in [-0.2, 0) is 10.8 Å². The Kier molecular flexibility index (Phi) is 5.71. The minimum atomic E-state index is -0.870. The second kappa shape index (κ2) is 7.05. The third-order valence-corrected chi connectivity index (χ3v) is 3.42. The first kappa shape index (κ1) is 15.4. The predicted molar refractivity (Wildman–Crippen MR) is 77.5 cm³/mol. The van der Waals surface area contributed by atoms with Gasteiger partial charge in [-0.25, -0.2) is 0 Å². The van der Waals surface area contributed by atoms with Gasteiger partial charge in [0.05, 0.1) is 4.92 Å². The number of nitrogens with one attached hydrogen (secondary N) is 2. The van der Waals surface area contributed by atoms with Gasteiger partial charge >= 0.3 is 5.69 Å². The van der Waals surface area contributed by atoms with Crippen LogP contribution in [0.1, 0.15) is 13.3 Å². The first-order valence-electron chi connectivity index (χ1n) is 5.76. The maximum Gasteiger partial charge on any atom is 0.316 e. The maximum atomic E-state index is 11.1. The van der Waals surface area contributed by atoms with Gasteiger partial charge in [0.15, 0.2) is 0 Å². The summed E-state index contributed by atoms with van der Waals surface area (Å²) in [6.07, 6.45) is 2.30.